The molecule has 9 nitrogen and oxygen atoms in total. The second-order valence-electron chi connectivity index (χ2n) is 7.25. The van der Waals surface area contributed by atoms with Crippen LogP contribution in [0.25, 0.3) is 11.1 Å². The van der Waals surface area contributed by atoms with Gasteiger partial charge in [-0.2, -0.15) is 0 Å². The third-order valence-corrected chi connectivity index (χ3v) is 5.07. The Bertz CT molecular complexity index is 1130. The molecule has 1 atom stereocenters. The highest BCUT2D eigenvalue weighted by Gasteiger charge is 2.33. The maximum absolute atomic E-state index is 12.4. The number of halogens is 2. The molecule has 32 heavy (non-hydrogen) atoms. The zero-order valence-corrected chi connectivity index (χ0v) is 18.3. The van der Waals surface area contributed by atoms with Gasteiger partial charge in [0, 0.05) is 22.2 Å². The van der Waals surface area contributed by atoms with Gasteiger partial charge < -0.3 is 19.8 Å². The molecule has 0 saturated heterocycles. The van der Waals surface area contributed by atoms with E-state index < -0.39 is 29.9 Å². The Morgan fingerprint density at radius 3 is 2.44 bits per heavy atom. The maximum atomic E-state index is 12.4. The van der Waals surface area contributed by atoms with Crippen LogP contribution in [0.15, 0.2) is 53.1 Å². The van der Waals surface area contributed by atoms with Crippen LogP contribution in [0.1, 0.15) is 23.0 Å². The summed E-state index contributed by atoms with van der Waals surface area (Å²) in [4.78, 5) is 23.7. The van der Waals surface area contributed by atoms with Crippen LogP contribution in [0.4, 0.5) is 0 Å². The summed E-state index contributed by atoms with van der Waals surface area (Å²) in [6.45, 7) is 0.730. The normalized spacial score (nSPS) is 13.0. The molecule has 0 aliphatic heterocycles. The molecule has 11 heteroatoms. The standard InChI is InChI=1S/C21H19Cl2N3O6/c1-21(31,20(29)30)11-26(24-19(28)17-9-18(27)25-32-17)10-12-2-4-13(5-3-12)15-8-14(22)6-7-16(15)23/h2-9,31H,10-11H2,1H3,(H,24,28)(H,25,27)(H,29,30). The number of aromatic nitrogens is 1. The van der Waals surface area contributed by atoms with E-state index >= 15 is 0 Å². The Kier molecular flexibility index (Phi) is 7.05. The largest absolute Gasteiger partial charge is 0.491 e. The molecule has 2 aromatic carbocycles. The maximum Gasteiger partial charge on any atom is 0.336 e. The summed E-state index contributed by atoms with van der Waals surface area (Å²) in [5.41, 5.74) is 2.57. The van der Waals surface area contributed by atoms with E-state index in [-0.39, 0.29) is 12.3 Å². The predicted molar refractivity (Wildman–Crippen MR) is 116 cm³/mol. The third-order valence-electron chi connectivity index (χ3n) is 4.51. The molecular formula is C21H19Cl2N3O6. The van der Waals surface area contributed by atoms with Gasteiger partial charge in [-0.3, -0.25) is 10.2 Å². The highest BCUT2D eigenvalue weighted by molar-refractivity contribution is 6.35. The molecule has 1 aromatic heterocycles. The lowest BCUT2D eigenvalue weighted by molar-refractivity contribution is -0.159. The number of carbonyl (C=O) groups is 2. The zero-order valence-electron chi connectivity index (χ0n) is 16.7. The lowest BCUT2D eigenvalue weighted by Gasteiger charge is -2.28. The number of aliphatic hydroxyl groups is 1. The minimum absolute atomic E-state index is 0.0544. The number of carbonyl (C=O) groups excluding carboxylic acids is 1. The van der Waals surface area contributed by atoms with Gasteiger partial charge in [0.15, 0.2) is 5.60 Å². The Hall–Kier alpha value is -3.11. The molecule has 3 rings (SSSR count). The molecule has 0 spiro atoms. The number of hydrogen-bond acceptors (Lipinski definition) is 7. The van der Waals surface area contributed by atoms with E-state index in [9.17, 15) is 24.9 Å². The van der Waals surface area contributed by atoms with Gasteiger partial charge >= 0.3 is 11.9 Å². The highest BCUT2D eigenvalue weighted by Crippen LogP contribution is 2.30. The van der Waals surface area contributed by atoms with Crippen molar-refractivity contribution in [2.24, 2.45) is 0 Å². The zero-order chi connectivity index (χ0) is 23.5. The Labute approximate surface area is 192 Å². The van der Waals surface area contributed by atoms with E-state index in [1.807, 2.05) is 0 Å². The summed E-state index contributed by atoms with van der Waals surface area (Å²) >= 11 is 12.3. The van der Waals surface area contributed by atoms with Crippen molar-refractivity contribution in [1.29, 1.82) is 0 Å². The molecule has 1 unspecified atom stereocenters. The Morgan fingerprint density at radius 1 is 1.16 bits per heavy atom. The first-order valence-electron chi connectivity index (χ1n) is 9.27. The fourth-order valence-corrected chi connectivity index (χ4v) is 3.27. The van der Waals surface area contributed by atoms with Gasteiger partial charge in [-0.25, -0.2) is 9.80 Å². The average Bonchev–Trinajstić information content (AvgIpc) is 3.16. The van der Waals surface area contributed by atoms with Crippen molar-refractivity contribution in [3.63, 3.8) is 0 Å². The van der Waals surface area contributed by atoms with Crippen LogP contribution in [0, 0.1) is 0 Å². The van der Waals surface area contributed by atoms with Crippen LogP contribution >= 0.6 is 23.2 Å². The van der Waals surface area contributed by atoms with Gasteiger partial charge in [0.05, 0.1) is 12.6 Å². The topological polar surface area (TPSA) is 136 Å². The van der Waals surface area contributed by atoms with Gasteiger partial charge in [0.25, 0.3) is 5.88 Å². The number of benzene rings is 2. The van der Waals surface area contributed by atoms with Crippen LogP contribution in [0.3, 0.4) is 0 Å². The monoisotopic (exact) mass is 479 g/mol. The summed E-state index contributed by atoms with van der Waals surface area (Å²) in [6.07, 6.45) is 0. The molecule has 1 heterocycles. The van der Waals surface area contributed by atoms with E-state index in [1.54, 1.807) is 42.5 Å². The first kappa shape index (κ1) is 23.6. The molecule has 1 amide bonds. The van der Waals surface area contributed by atoms with Crippen molar-refractivity contribution < 1.29 is 29.4 Å². The number of amides is 1. The summed E-state index contributed by atoms with van der Waals surface area (Å²) < 4.78 is 4.70. The molecule has 0 bridgehead atoms. The summed E-state index contributed by atoms with van der Waals surface area (Å²) in [5, 5.41) is 34.2. The van der Waals surface area contributed by atoms with E-state index in [0.29, 0.717) is 15.6 Å². The fraction of sp³-hybridized carbons (Fsp3) is 0.190. The molecule has 3 aromatic rings. The molecular weight excluding hydrogens is 461 g/mol. The molecule has 4 N–H and O–H groups in total. The lowest BCUT2D eigenvalue weighted by atomic mass is 10.0. The number of hydrogen-bond donors (Lipinski definition) is 4. The van der Waals surface area contributed by atoms with Crippen LogP contribution < -0.4 is 5.43 Å². The Balaban J connectivity index is 1.81. The number of aromatic hydroxyl groups is 1. The number of nitrogens with zero attached hydrogens (tertiary/aromatic N) is 2. The van der Waals surface area contributed by atoms with E-state index in [0.717, 1.165) is 24.1 Å². The lowest BCUT2D eigenvalue weighted by Crippen LogP contribution is -2.52. The number of aliphatic carboxylic acids is 1. The first-order chi connectivity index (χ1) is 15.0. The van der Waals surface area contributed by atoms with E-state index in [1.165, 1.54) is 5.01 Å². The summed E-state index contributed by atoms with van der Waals surface area (Å²) in [7, 11) is 0. The van der Waals surface area contributed by atoms with E-state index in [2.05, 4.69) is 10.6 Å². The van der Waals surface area contributed by atoms with E-state index in [4.69, 9.17) is 27.7 Å². The number of nitrogens with one attached hydrogen (secondary N) is 1. The summed E-state index contributed by atoms with van der Waals surface area (Å²) in [5.74, 6) is -3.00. The van der Waals surface area contributed by atoms with Gasteiger partial charge in [-0.05, 0) is 41.4 Å². The van der Waals surface area contributed by atoms with Crippen LogP contribution in [-0.4, -0.2) is 49.5 Å². The average molecular weight is 480 g/mol. The van der Waals surface area contributed by atoms with Gasteiger partial charge in [0.1, 0.15) is 0 Å². The SMILES string of the molecule is CC(O)(CN(Cc1ccc(-c2cc(Cl)ccc2Cl)cc1)NC(=O)c1cc(O)no1)C(=O)O. The molecule has 0 radical (unpaired) electrons. The second kappa shape index (κ2) is 9.58. The molecule has 0 aliphatic carbocycles. The number of hydrazine groups is 1. The van der Waals surface area contributed by atoms with Crippen molar-refractivity contribution in [2.45, 2.75) is 19.1 Å². The second-order valence-corrected chi connectivity index (χ2v) is 8.09. The number of carboxylic acids is 1. The first-order valence-corrected chi connectivity index (χ1v) is 10.0. The van der Waals surface area contributed by atoms with Crippen LogP contribution in [-0.2, 0) is 11.3 Å². The van der Waals surface area contributed by atoms with Crippen molar-refractivity contribution >= 4 is 35.1 Å². The molecule has 0 saturated carbocycles. The Morgan fingerprint density at radius 2 is 1.84 bits per heavy atom. The highest BCUT2D eigenvalue weighted by atomic mass is 35.5. The quantitative estimate of drug-likeness (QED) is 0.361. The molecule has 0 fully saturated rings. The minimum atomic E-state index is -2.15. The molecule has 168 valence electrons. The number of carboxylic acid groups (broad SMARTS) is 1. The van der Waals surface area contributed by atoms with Gasteiger partial charge in [-0.15, -0.1) is 0 Å². The van der Waals surface area contributed by atoms with Gasteiger partial charge in [0.2, 0.25) is 5.76 Å². The van der Waals surface area contributed by atoms with Gasteiger partial charge in [-0.1, -0.05) is 47.5 Å². The number of rotatable bonds is 8. The third kappa shape index (κ3) is 5.77. The van der Waals surface area contributed by atoms with Crippen molar-refractivity contribution in [1.82, 2.24) is 15.6 Å². The molecule has 0 aliphatic rings. The van der Waals surface area contributed by atoms with Crippen molar-refractivity contribution in [3.05, 3.63) is 69.9 Å². The minimum Gasteiger partial charge on any atom is -0.491 e. The predicted octanol–water partition coefficient (Wildman–Crippen LogP) is 3.34. The summed E-state index contributed by atoms with van der Waals surface area (Å²) in [6, 6.07) is 13.3. The van der Waals surface area contributed by atoms with Crippen LogP contribution in [0.5, 0.6) is 5.88 Å². The van der Waals surface area contributed by atoms with Crippen LogP contribution in [0.2, 0.25) is 10.0 Å². The fourth-order valence-electron chi connectivity index (χ4n) is 2.87. The van der Waals surface area contributed by atoms with Crippen molar-refractivity contribution in [3.8, 4) is 17.0 Å². The smallest absolute Gasteiger partial charge is 0.336 e. The van der Waals surface area contributed by atoms with Crippen molar-refractivity contribution in [2.75, 3.05) is 6.54 Å².